The van der Waals surface area contributed by atoms with Crippen molar-refractivity contribution in [2.45, 2.75) is 12.5 Å². The molecule has 0 aliphatic carbocycles. The molecule has 1 atom stereocenters. The summed E-state index contributed by atoms with van der Waals surface area (Å²) in [5.41, 5.74) is 2.03. The van der Waals surface area contributed by atoms with Crippen LogP contribution in [-0.4, -0.2) is 16.8 Å². The van der Waals surface area contributed by atoms with E-state index in [1.165, 1.54) is 6.07 Å². The lowest BCUT2D eigenvalue weighted by atomic mass is 10.0. The van der Waals surface area contributed by atoms with Crippen LogP contribution >= 0.6 is 15.9 Å². The fraction of sp³-hybridized carbons (Fsp3) is 0.308. The van der Waals surface area contributed by atoms with E-state index < -0.39 is 0 Å². The average molecular weight is 312 g/mol. The summed E-state index contributed by atoms with van der Waals surface area (Å²) in [6, 6.07) is 7.04. The molecule has 0 aliphatic heterocycles. The maximum Gasteiger partial charge on any atom is 0.124 e. The van der Waals surface area contributed by atoms with Crippen molar-refractivity contribution < 1.29 is 4.39 Å². The lowest BCUT2D eigenvalue weighted by molar-refractivity contribution is 0.535. The van der Waals surface area contributed by atoms with Crippen molar-refractivity contribution in [2.24, 2.45) is 7.05 Å². The smallest absolute Gasteiger partial charge is 0.124 e. The Balaban J connectivity index is 2.23. The van der Waals surface area contributed by atoms with Gasteiger partial charge >= 0.3 is 0 Å². The number of likely N-dealkylation sites (N-methyl/N-ethyl adjacent to an activating group) is 1. The Morgan fingerprint density at radius 1 is 1.44 bits per heavy atom. The number of hydrogen-bond acceptors (Lipinski definition) is 2. The molecule has 0 amide bonds. The van der Waals surface area contributed by atoms with Gasteiger partial charge in [-0.25, -0.2) is 4.39 Å². The standard InChI is InChI=1S/C13H15BrFN3/c1-16-12(13-3-4-17-18(13)2)7-9-5-10(14)8-11(15)6-9/h3-6,8,12,16H,7H2,1-2H3. The molecule has 0 spiro atoms. The number of aromatic nitrogens is 2. The SMILES string of the molecule is CNC(Cc1cc(F)cc(Br)c1)c1ccnn1C. The summed E-state index contributed by atoms with van der Waals surface area (Å²) in [5.74, 6) is -0.223. The number of aryl methyl sites for hydroxylation is 1. The van der Waals surface area contributed by atoms with Gasteiger partial charge in [-0.3, -0.25) is 4.68 Å². The van der Waals surface area contributed by atoms with Gasteiger partial charge in [-0.1, -0.05) is 15.9 Å². The fourth-order valence-corrected chi connectivity index (χ4v) is 2.56. The molecule has 0 aliphatic rings. The Morgan fingerprint density at radius 3 is 2.78 bits per heavy atom. The van der Waals surface area contributed by atoms with Crippen LogP contribution in [0.15, 0.2) is 34.9 Å². The van der Waals surface area contributed by atoms with Crippen molar-refractivity contribution in [3.8, 4) is 0 Å². The van der Waals surface area contributed by atoms with E-state index in [0.717, 1.165) is 15.7 Å². The summed E-state index contributed by atoms with van der Waals surface area (Å²) >= 11 is 3.31. The molecule has 0 saturated carbocycles. The first-order valence-electron chi connectivity index (χ1n) is 5.70. The van der Waals surface area contributed by atoms with Crippen molar-refractivity contribution in [3.63, 3.8) is 0 Å². The zero-order valence-corrected chi connectivity index (χ0v) is 11.9. The molecule has 96 valence electrons. The van der Waals surface area contributed by atoms with E-state index in [2.05, 4.69) is 26.3 Å². The quantitative estimate of drug-likeness (QED) is 0.941. The lowest BCUT2D eigenvalue weighted by Gasteiger charge is -2.16. The molecule has 0 saturated heterocycles. The Labute approximate surface area is 114 Å². The van der Waals surface area contributed by atoms with E-state index in [-0.39, 0.29) is 11.9 Å². The number of rotatable bonds is 4. The topological polar surface area (TPSA) is 29.9 Å². The summed E-state index contributed by atoms with van der Waals surface area (Å²) in [4.78, 5) is 0. The molecule has 0 bridgehead atoms. The van der Waals surface area contributed by atoms with E-state index in [1.54, 1.807) is 12.3 Å². The molecule has 18 heavy (non-hydrogen) atoms. The van der Waals surface area contributed by atoms with Gasteiger partial charge in [-0.15, -0.1) is 0 Å². The van der Waals surface area contributed by atoms with Crippen molar-refractivity contribution in [3.05, 3.63) is 52.0 Å². The van der Waals surface area contributed by atoms with E-state index >= 15 is 0 Å². The molecule has 2 aromatic rings. The summed E-state index contributed by atoms with van der Waals surface area (Å²) in [7, 11) is 3.80. The first kappa shape index (κ1) is 13.2. The van der Waals surface area contributed by atoms with Crippen LogP contribution in [0.25, 0.3) is 0 Å². The molecule has 0 radical (unpaired) electrons. The maximum atomic E-state index is 13.3. The third-order valence-corrected chi connectivity index (χ3v) is 3.38. The number of benzene rings is 1. The van der Waals surface area contributed by atoms with Gasteiger partial charge in [0.2, 0.25) is 0 Å². The minimum atomic E-state index is -0.223. The molecule has 1 aromatic heterocycles. The largest absolute Gasteiger partial charge is 0.311 e. The van der Waals surface area contributed by atoms with Crippen molar-refractivity contribution in [2.75, 3.05) is 7.05 Å². The predicted octanol–water partition coefficient (Wildman–Crippen LogP) is 2.82. The second kappa shape index (κ2) is 5.63. The van der Waals surface area contributed by atoms with Gasteiger partial charge in [0.15, 0.2) is 0 Å². The fourth-order valence-electron chi connectivity index (χ4n) is 2.04. The minimum Gasteiger partial charge on any atom is -0.311 e. The number of nitrogens with one attached hydrogen (secondary N) is 1. The van der Waals surface area contributed by atoms with Gasteiger partial charge in [0.1, 0.15) is 5.82 Å². The van der Waals surface area contributed by atoms with E-state index in [1.807, 2.05) is 30.9 Å². The van der Waals surface area contributed by atoms with Gasteiger partial charge in [-0.2, -0.15) is 5.10 Å². The molecule has 2 rings (SSSR count). The zero-order valence-electron chi connectivity index (χ0n) is 10.3. The van der Waals surface area contributed by atoms with E-state index in [9.17, 15) is 4.39 Å². The van der Waals surface area contributed by atoms with Crippen LogP contribution < -0.4 is 5.32 Å². The Hall–Kier alpha value is -1.20. The molecule has 1 N–H and O–H groups in total. The number of halogens is 2. The molecule has 0 fully saturated rings. The average Bonchev–Trinajstić information content (AvgIpc) is 2.71. The summed E-state index contributed by atoms with van der Waals surface area (Å²) in [5, 5.41) is 7.39. The monoisotopic (exact) mass is 311 g/mol. The van der Waals surface area contributed by atoms with Crippen LogP contribution in [0.3, 0.4) is 0 Å². The molecule has 3 nitrogen and oxygen atoms in total. The highest BCUT2D eigenvalue weighted by atomic mass is 79.9. The predicted molar refractivity (Wildman–Crippen MR) is 72.8 cm³/mol. The van der Waals surface area contributed by atoms with E-state index in [0.29, 0.717) is 6.42 Å². The van der Waals surface area contributed by atoms with Crippen LogP contribution in [0.1, 0.15) is 17.3 Å². The second-order valence-electron chi connectivity index (χ2n) is 4.20. The normalized spacial score (nSPS) is 12.7. The van der Waals surface area contributed by atoms with Gasteiger partial charge < -0.3 is 5.32 Å². The highest BCUT2D eigenvalue weighted by Gasteiger charge is 2.14. The third kappa shape index (κ3) is 2.97. The van der Waals surface area contributed by atoms with Crippen LogP contribution in [0, 0.1) is 5.82 Å². The first-order chi connectivity index (χ1) is 8.60. The highest BCUT2D eigenvalue weighted by molar-refractivity contribution is 9.10. The maximum absolute atomic E-state index is 13.3. The van der Waals surface area contributed by atoms with Crippen molar-refractivity contribution in [1.29, 1.82) is 0 Å². The van der Waals surface area contributed by atoms with Crippen LogP contribution in [0.4, 0.5) is 4.39 Å². The summed E-state index contributed by atoms with van der Waals surface area (Å²) < 4.78 is 15.9. The van der Waals surface area contributed by atoms with Crippen LogP contribution in [0.2, 0.25) is 0 Å². The van der Waals surface area contributed by atoms with Gasteiger partial charge in [0, 0.05) is 17.7 Å². The summed E-state index contributed by atoms with van der Waals surface area (Å²) in [6.07, 6.45) is 2.48. The molecular weight excluding hydrogens is 297 g/mol. The Morgan fingerprint density at radius 2 is 2.22 bits per heavy atom. The summed E-state index contributed by atoms with van der Waals surface area (Å²) in [6.45, 7) is 0. The van der Waals surface area contributed by atoms with Crippen molar-refractivity contribution >= 4 is 15.9 Å². The third-order valence-electron chi connectivity index (χ3n) is 2.93. The molecule has 5 heteroatoms. The minimum absolute atomic E-state index is 0.117. The van der Waals surface area contributed by atoms with Gasteiger partial charge in [-0.05, 0) is 43.3 Å². The van der Waals surface area contributed by atoms with Crippen LogP contribution in [-0.2, 0) is 13.5 Å². The molecular formula is C13H15BrFN3. The Kier molecular flexibility index (Phi) is 4.14. The molecule has 1 heterocycles. The van der Waals surface area contributed by atoms with Gasteiger partial charge in [0.25, 0.3) is 0 Å². The first-order valence-corrected chi connectivity index (χ1v) is 6.49. The molecule has 1 unspecified atom stereocenters. The number of hydrogen-bond donors (Lipinski definition) is 1. The van der Waals surface area contributed by atoms with Gasteiger partial charge in [0.05, 0.1) is 11.7 Å². The lowest BCUT2D eigenvalue weighted by Crippen LogP contribution is -2.21. The number of nitrogens with zero attached hydrogens (tertiary/aromatic N) is 2. The highest BCUT2D eigenvalue weighted by Crippen LogP contribution is 2.21. The van der Waals surface area contributed by atoms with Crippen LogP contribution in [0.5, 0.6) is 0 Å². The molecule has 1 aromatic carbocycles. The zero-order chi connectivity index (χ0) is 13.1. The second-order valence-corrected chi connectivity index (χ2v) is 5.12. The van der Waals surface area contributed by atoms with Crippen molar-refractivity contribution in [1.82, 2.24) is 15.1 Å². The Bertz CT molecular complexity index is 519. The van der Waals surface area contributed by atoms with E-state index in [4.69, 9.17) is 0 Å².